The van der Waals surface area contributed by atoms with Crippen LogP contribution < -0.4 is 20.9 Å². The van der Waals surface area contributed by atoms with Crippen molar-refractivity contribution in [2.24, 2.45) is 11.5 Å². The van der Waals surface area contributed by atoms with Gasteiger partial charge in [0.15, 0.2) is 0 Å². The van der Waals surface area contributed by atoms with E-state index in [1.165, 1.54) is 0 Å². The third-order valence-electron chi connectivity index (χ3n) is 6.92. The fourth-order valence-corrected chi connectivity index (χ4v) is 5.41. The number of benzene rings is 4. The minimum Gasteiger partial charge on any atom is -0.440 e. The van der Waals surface area contributed by atoms with Gasteiger partial charge in [0.05, 0.1) is 11.8 Å². The Morgan fingerprint density at radius 2 is 0.974 bits per heavy atom. The zero-order valence-electron chi connectivity index (χ0n) is 19.7. The lowest BCUT2D eigenvalue weighted by atomic mass is 9.80. The Morgan fingerprint density at radius 3 is 1.34 bits per heavy atom. The molecule has 0 bridgehead atoms. The van der Waals surface area contributed by atoms with Crippen LogP contribution in [0.5, 0.6) is 11.5 Å². The number of hydrogen-bond donors (Lipinski definition) is 2. The Labute approximate surface area is 228 Å². The van der Waals surface area contributed by atoms with Crippen LogP contribution in [0, 0.1) is 22.7 Å². The molecule has 4 aromatic rings. The van der Waals surface area contributed by atoms with E-state index >= 15 is 0 Å². The molecule has 8 heteroatoms. The predicted molar refractivity (Wildman–Crippen MR) is 145 cm³/mol. The number of nitrogens with zero attached hydrogens (tertiary/aromatic N) is 2. The van der Waals surface area contributed by atoms with Gasteiger partial charge in [-0.3, -0.25) is 0 Å². The highest BCUT2D eigenvalue weighted by atomic mass is 35.5. The normalized spacial score (nSPS) is 18.1. The summed E-state index contributed by atoms with van der Waals surface area (Å²) in [5.74, 6) is 0.328. The molecule has 0 radical (unpaired) electrons. The number of nitrogens with two attached hydrogens (primary N) is 2. The van der Waals surface area contributed by atoms with Gasteiger partial charge in [-0.05, 0) is 70.4 Å². The lowest BCUT2D eigenvalue weighted by molar-refractivity contribution is 0.393. The predicted octanol–water partition coefficient (Wildman–Crippen LogP) is 6.58. The van der Waals surface area contributed by atoms with Crippen LogP contribution in [-0.2, 0) is 0 Å². The van der Waals surface area contributed by atoms with E-state index in [0.717, 1.165) is 33.0 Å². The largest absolute Gasteiger partial charge is 0.440 e. The van der Waals surface area contributed by atoms with Crippen molar-refractivity contribution in [3.8, 4) is 23.6 Å². The van der Waals surface area contributed by atoms with Crippen molar-refractivity contribution in [2.75, 3.05) is 0 Å². The van der Waals surface area contributed by atoms with Crippen LogP contribution in [0.1, 0.15) is 34.1 Å². The molecule has 0 fully saturated rings. The van der Waals surface area contributed by atoms with Crippen molar-refractivity contribution in [1.82, 2.24) is 0 Å². The van der Waals surface area contributed by atoms with Crippen LogP contribution in [-0.4, -0.2) is 0 Å². The number of halogens is 2. The van der Waals surface area contributed by atoms with Gasteiger partial charge in [0.2, 0.25) is 11.8 Å². The smallest absolute Gasteiger partial charge is 0.205 e. The molecule has 38 heavy (non-hydrogen) atoms. The van der Waals surface area contributed by atoms with Crippen molar-refractivity contribution < 1.29 is 9.47 Å². The first-order valence-corrected chi connectivity index (χ1v) is 12.4. The molecule has 0 saturated heterocycles. The van der Waals surface area contributed by atoms with Crippen molar-refractivity contribution in [3.63, 3.8) is 0 Å². The molecular formula is C30H18Cl2N4O2. The maximum absolute atomic E-state index is 9.94. The summed E-state index contributed by atoms with van der Waals surface area (Å²) in [5.41, 5.74) is 16.3. The van der Waals surface area contributed by atoms with Crippen LogP contribution >= 0.6 is 23.2 Å². The van der Waals surface area contributed by atoms with E-state index in [1.807, 2.05) is 48.5 Å². The monoisotopic (exact) mass is 536 g/mol. The van der Waals surface area contributed by atoms with Gasteiger partial charge in [0, 0.05) is 21.2 Å². The van der Waals surface area contributed by atoms with Gasteiger partial charge in [-0.2, -0.15) is 10.5 Å². The van der Waals surface area contributed by atoms with Gasteiger partial charge in [0.25, 0.3) is 0 Å². The van der Waals surface area contributed by atoms with Gasteiger partial charge < -0.3 is 20.9 Å². The molecule has 0 aromatic heterocycles. The van der Waals surface area contributed by atoms with Crippen LogP contribution in [0.4, 0.5) is 0 Å². The first-order valence-electron chi connectivity index (χ1n) is 11.7. The number of ether oxygens (including phenoxy) is 2. The quantitative estimate of drug-likeness (QED) is 0.298. The third-order valence-corrected chi connectivity index (χ3v) is 7.42. The van der Waals surface area contributed by atoms with Crippen LogP contribution in [0.15, 0.2) is 95.7 Å². The van der Waals surface area contributed by atoms with E-state index < -0.39 is 11.8 Å². The van der Waals surface area contributed by atoms with Gasteiger partial charge in [-0.25, -0.2) is 0 Å². The molecular weight excluding hydrogens is 519 g/mol. The maximum atomic E-state index is 9.94. The molecule has 2 heterocycles. The molecule has 2 aliphatic rings. The standard InChI is InChI=1S/C30H18Cl2N4O2/c31-19-5-1-15(2-6-19)27-21-9-17-10-22-26(12-18(17)11-25(21)37-29(35)23(27)13-33)38-30(36)24(14-34)28(22)16-3-7-20(32)8-4-16/h1-12,27-28H,35-36H2. The summed E-state index contributed by atoms with van der Waals surface area (Å²) in [5, 5.41) is 22.8. The lowest BCUT2D eigenvalue weighted by Crippen LogP contribution is -2.22. The summed E-state index contributed by atoms with van der Waals surface area (Å²) in [4.78, 5) is 0. The first kappa shape index (κ1) is 23.8. The van der Waals surface area contributed by atoms with Crippen LogP contribution in [0.2, 0.25) is 10.0 Å². The zero-order chi connectivity index (χ0) is 26.6. The van der Waals surface area contributed by atoms with Gasteiger partial charge >= 0.3 is 0 Å². The average molecular weight is 537 g/mol. The van der Waals surface area contributed by atoms with Crippen molar-refractivity contribution in [1.29, 1.82) is 10.5 Å². The molecule has 6 nitrogen and oxygen atoms in total. The molecule has 0 saturated carbocycles. The Kier molecular flexibility index (Phi) is 5.65. The van der Waals surface area contributed by atoms with Gasteiger partial charge in [-0.1, -0.05) is 47.5 Å². The summed E-state index contributed by atoms with van der Waals surface area (Å²) in [6.07, 6.45) is 0. The highest BCUT2D eigenvalue weighted by Gasteiger charge is 2.33. The Morgan fingerprint density at radius 1 is 0.605 bits per heavy atom. The Hall–Kier alpha value is -4.62. The lowest BCUT2D eigenvalue weighted by Gasteiger charge is -2.29. The van der Waals surface area contributed by atoms with Crippen molar-refractivity contribution in [3.05, 3.63) is 128 Å². The molecule has 2 unspecified atom stereocenters. The minimum absolute atomic E-state index is 0.0575. The van der Waals surface area contributed by atoms with E-state index in [4.69, 9.17) is 44.1 Å². The summed E-state index contributed by atoms with van der Waals surface area (Å²) in [6, 6.07) is 26.8. The third kappa shape index (κ3) is 3.79. The number of nitriles is 2. The second-order valence-electron chi connectivity index (χ2n) is 9.08. The molecule has 184 valence electrons. The van der Waals surface area contributed by atoms with Crippen molar-refractivity contribution in [2.45, 2.75) is 11.8 Å². The zero-order valence-corrected chi connectivity index (χ0v) is 21.2. The average Bonchev–Trinajstić information content (AvgIpc) is 2.91. The van der Waals surface area contributed by atoms with Crippen LogP contribution in [0.3, 0.4) is 0 Å². The fraction of sp³-hybridized carbons (Fsp3) is 0.0667. The highest BCUT2D eigenvalue weighted by Crippen LogP contribution is 2.48. The highest BCUT2D eigenvalue weighted by molar-refractivity contribution is 6.30. The first-order chi connectivity index (χ1) is 18.4. The molecule has 6 rings (SSSR count). The molecule has 4 N–H and O–H groups in total. The molecule has 2 aliphatic heterocycles. The minimum atomic E-state index is -0.435. The summed E-state index contributed by atoms with van der Waals surface area (Å²) < 4.78 is 11.8. The number of allylic oxidation sites excluding steroid dienone is 2. The van der Waals surface area contributed by atoms with Crippen molar-refractivity contribution >= 4 is 34.0 Å². The van der Waals surface area contributed by atoms with E-state index in [0.29, 0.717) is 32.7 Å². The Bertz CT molecular complexity index is 1650. The van der Waals surface area contributed by atoms with E-state index in [-0.39, 0.29) is 11.8 Å². The summed E-state index contributed by atoms with van der Waals surface area (Å²) in [7, 11) is 0. The van der Waals surface area contributed by atoms with E-state index in [9.17, 15) is 10.5 Å². The molecule has 0 aliphatic carbocycles. The SMILES string of the molecule is N#CC1=C(N)Oc2cc3cc4c(cc3cc2C1c1ccc(Cl)cc1)C(c1ccc(Cl)cc1)C(C#N)=C(N)O4. The second-order valence-corrected chi connectivity index (χ2v) is 9.95. The molecule has 0 amide bonds. The maximum Gasteiger partial charge on any atom is 0.205 e. The fourth-order valence-electron chi connectivity index (χ4n) is 5.16. The number of fused-ring (bicyclic) bond motifs is 3. The summed E-state index contributed by atoms with van der Waals surface area (Å²) >= 11 is 12.2. The molecule has 2 atom stereocenters. The van der Waals surface area contributed by atoms with Crippen LogP contribution in [0.25, 0.3) is 10.8 Å². The Balaban J connectivity index is 1.57. The topological polar surface area (TPSA) is 118 Å². The van der Waals surface area contributed by atoms with E-state index in [1.54, 1.807) is 24.3 Å². The molecule has 4 aromatic carbocycles. The number of hydrogen-bond acceptors (Lipinski definition) is 6. The van der Waals surface area contributed by atoms with Gasteiger partial charge in [-0.15, -0.1) is 0 Å². The molecule has 0 spiro atoms. The van der Waals surface area contributed by atoms with E-state index in [2.05, 4.69) is 12.1 Å². The summed E-state index contributed by atoms with van der Waals surface area (Å²) in [6.45, 7) is 0. The number of rotatable bonds is 2. The second kappa shape index (κ2) is 9.04. The van der Waals surface area contributed by atoms with Gasteiger partial charge in [0.1, 0.15) is 34.8 Å².